The summed E-state index contributed by atoms with van der Waals surface area (Å²) in [4.78, 5) is 11.6. The highest BCUT2D eigenvalue weighted by Gasteiger charge is 2.16. The Bertz CT molecular complexity index is 765. The van der Waals surface area contributed by atoms with Gasteiger partial charge in [-0.25, -0.2) is 4.79 Å². The van der Waals surface area contributed by atoms with Crippen LogP contribution in [0, 0.1) is 0 Å². The van der Waals surface area contributed by atoms with Gasteiger partial charge in [-0.2, -0.15) is 0 Å². The average molecular weight is 232 g/mol. The summed E-state index contributed by atoms with van der Waals surface area (Å²) in [6.45, 7) is 0. The maximum Gasteiger partial charge on any atom is 0.383 e. The first-order chi connectivity index (χ1) is 8.22. The van der Waals surface area contributed by atoms with E-state index in [4.69, 9.17) is 13.6 Å². The summed E-state index contributed by atoms with van der Waals surface area (Å²) in [5.41, 5.74) is 0.163. The predicted octanol–water partition coefficient (Wildman–Crippen LogP) is 2.25. The topological polar surface area (TPSA) is 72.8 Å². The Balaban J connectivity index is 2.58. The SMILES string of the molecule is COc1c(O)c2ccc3occc3c2oc1=O. The molecule has 0 bridgehead atoms. The molecule has 0 amide bonds. The van der Waals surface area contributed by atoms with Crippen LogP contribution in [0.4, 0.5) is 0 Å². The maximum atomic E-state index is 11.6. The van der Waals surface area contributed by atoms with Crippen molar-refractivity contribution < 1.29 is 18.7 Å². The van der Waals surface area contributed by atoms with E-state index >= 15 is 0 Å². The fraction of sp³-hybridized carbons (Fsp3) is 0.0833. The first-order valence-electron chi connectivity index (χ1n) is 4.92. The van der Waals surface area contributed by atoms with Gasteiger partial charge in [0.05, 0.1) is 24.1 Å². The molecular formula is C12H8O5. The summed E-state index contributed by atoms with van der Waals surface area (Å²) < 4.78 is 15.1. The van der Waals surface area contributed by atoms with E-state index in [0.717, 1.165) is 0 Å². The van der Waals surface area contributed by atoms with Gasteiger partial charge < -0.3 is 18.7 Å². The van der Waals surface area contributed by atoms with Crippen LogP contribution in [0.25, 0.3) is 21.9 Å². The van der Waals surface area contributed by atoms with Crippen LogP contribution in [-0.4, -0.2) is 12.2 Å². The van der Waals surface area contributed by atoms with Crippen LogP contribution in [0.5, 0.6) is 11.5 Å². The minimum atomic E-state index is -0.716. The van der Waals surface area contributed by atoms with Gasteiger partial charge in [0.1, 0.15) is 5.58 Å². The molecule has 0 saturated heterocycles. The number of benzene rings is 1. The first-order valence-corrected chi connectivity index (χ1v) is 4.92. The number of fused-ring (bicyclic) bond motifs is 3. The van der Waals surface area contributed by atoms with E-state index in [1.807, 2.05) is 0 Å². The smallest absolute Gasteiger partial charge is 0.383 e. The second-order valence-corrected chi connectivity index (χ2v) is 3.55. The van der Waals surface area contributed by atoms with Crippen LogP contribution in [0.1, 0.15) is 0 Å². The lowest BCUT2D eigenvalue weighted by Gasteiger charge is -2.04. The molecule has 0 saturated carbocycles. The van der Waals surface area contributed by atoms with E-state index in [9.17, 15) is 9.90 Å². The summed E-state index contributed by atoms with van der Waals surface area (Å²) in [5, 5.41) is 11.0. The average Bonchev–Trinajstić information content (AvgIpc) is 2.77. The van der Waals surface area contributed by atoms with Crippen LogP contribution in [-0.2, 0) is 0 Å². The van der Waals surface area contributed by atoms with Crippen molar-refractivity contribution in [2.24, 2.45) is 0 Å². The highest BCUT2D eigenvalue weighted by atomic mass is 16.5. The molecule has 2 heterocycles. The van der Waals surface area contributed by atoms with Gasteiger partial charge in [0.2, 0.25) is 5.75 Å². The number of hydrogen-bond acceptors (Lipinski definition) is 5. The van der Waals surface area contributed by atoms with Crippen LogP contribution >= 0.6 is 0 Å². The molecule has 17 heavy (non-hydrogen) atoms. The van der Waals surface area contributed by atoms with Gasteiger partial charge in [-0.15, -0.1) is 0 Å². The van der Waals surface area contributed by atoms with E-state index in [-0.39, 0.29) is 11.5 Å². The Morgan fingerprint density at radius 1 is 1.24 bits per heavy atom. The van der Waals surface area contributed by atoms with Crippen molar-refractivity contribution in [3.63, 3.8) is 0 Å². The molecule has 0 radical (unpaired) electrons. The summed E-state index contributed by atoms with van der Waals surface area (Å²) >= 11 is 0. The fourth-order valence-corrected chi connectivity index (χ4v) is 1.85. The van der Waals surface area contributed by atoms with E-state index in [1.165, 1.54) is 13.4 Å². The molecule has 5 heteroatoms. The molecule has 0 aliphatic carbocycles. The molecule has 0 fully saturated rings. The molecule has 0 unspecified atom stereocenters. The van der Waals surface area contributed by atoms with Crippen LogP contribution in [0.15, 0.2) is 38.1 Å². The molecule has 1 N–H and O–H groups in total. The number of rotatable bonds is 1. The van der Waals surface area contributed by atoms with E-state index in [2.05, 4.69) is 0 Å². The molecule has 1 aromatic carbocycles. The van der Waals surface area contributed by atoms with Crippen molar-refractivity contribution in [1.29, 1.82) is 0 Å². The van der Waals surface area contributed by atoms with Crippen molar-refractivity contribution in [3.8, 4) is 11.5 Å². The van der Waals surface area contributed by atoms with Gasteiger partial charge in [0, 0.05) is 0 Å². The number of aromatic hydroxyl groups is 1. The first kappa shape index (κ1) is 9.77. The van der Waals surface area contributed by atoms with Gasteiger partial charge in [0.15, 0.2) is 11.3 Å². The van der Waals surface area contributed by atoms with Crippen LogP contribution in [0.2, 0.25) is 0 Å². The second kappa shape index (κ2) is 3.28. The Labute approximate surface area is 94.8 Å². The maximum absolute atomic E-state index is 11.6. The Morgan fingerprint density at radius 2 is 2.06 bits per heavy atom. The van der Waals surface area contributed by atoms with Crippen molar-refractivity contribution in [2.75, 3.05) is 7.11 Å². The Kier molecular flexibility index (Phi) is 1.89. The fourth-order valence-electron chi connectivity index (χ4n) is 1.85. The summed E-state index contributed by atoms with van der Waals surface area (Å²) in [7, 11) is 1.30. The molecular weight excluding hydrogens is 224 g/mol. The summed E-state index contributed by atoms with van der Waals surface area (Å²) in [6.07, 6.45) is 1.49. The molecule has 0 atom stereocenters. The molecule has 0 aliphatic rings. The standard InChI is InChI=1S/C12H8O5/c1-15-11-9(13)7-2-3-8-6(4-5-16-8)10(7)17-12(11)14/h2-5,13H,1H3. The molecule has 0 aliphatic heterocycles. The molecule has 2 aromatic heterocycles. The molecule has 86 valence electrons. The quantitative estimate of drug-likeness (QED) is 0.651. The van der Waals surface area contributed by atoms with Gasteiger partial charge in [-0.3, -0.25) is 0 Å². The molecule has 5 nitrogen and oxygen atoms in total. The van der Waals surface area contributed by atoms with Crippen molar-refractivity contribution in [2.45, 2.75) is 0 Å². The van der Waals surface area contributed by atoms with E-state index in [1.54, 1.807) is 18.2 Å². The minimum Gasteiger partial charge on any atom is -0.504 e. The zero-order chi connectivity index (χ0) is 12.0. The number of furan rings is 1. The van der Waals surface area contributed by atoms with E-state index < -0.39 is 5.63 Å². The number of methoxy groups -OCH3 is 1. The molecule has 0 spiro atoms. The Hall–Kier alpha value is -2.43. The van der Waals surface area contributed by atoms with Gasteiger partial charge in [-0.05, 0) is 18.2 Å². The number of hydrogen-bond donors (Lipinski definition) is 1. The van der Waals surface area contributed by atoms with Gasteiger partial charge in [-0.1, -0.05) is 0 Å². The lowest BCUT2D eigenvalue weighted by molar-refractivity contribution is 0.351. The van der Waals surface area contributed by atoms with Crippen molar-refractivity contribution >= 4 is 21.9 Å². The van der Waals surface area contributed by atoms with Gasteiger partial charge in [0.25, 0.3) is 0 Å². The predicted molar refractivity (Wildman–Crippen MR) is 60.5 cm³/mol. The lowest BCUT2D eigenvalue weighted by Crippen LogP contribution is -2.03. The van der Waals surface area contributed by atoms with Crippen molar-refractivity contribution in [3.05, 3.63) is 34.9 Å². The molecule has 3 rings (SSSR count). The Morgan fingerprint density at radius 3 is 2.82 bits per heavy atom. The third-order valence-corrected chi connectivity index (χ3v) is 2.64. The highest BCUT2D eigenvalue weighted by molar-refractivity contribution is 6.04. The van der Waals surface area contributed by atoms with Gasteiger partial charge >= 0.3 is 5.63 Å². The zero-order valence-corrected chi connectivity index (χ0v) is 8.89. The number of ether oxygens (including phenoxy) is 1. The zero-order valence-electron chi connectivity index (χ0n) is 8.89. The van der Waals surface area contributed by atoms with Crippen molar-refractivity contribution in [1.82, 2.24) is 0 Å². The normalized spacial score (nSPS) is 11.1. The van der Waals surface area contributed by atoms with Crippen LogP contribution in [0.3, 0.4) is 0 Å². The summed E-state index contributed by atoms with van der Waals surface area (Å²) in [5.74, 6) is -0.415. The lowest BCUT2D eigenvalue weighted by atomic mass is 10.1. The largest absolute Gasteiger partial charge is 0.504 e. The monoisotopic (exact) mass is 232 g/mol. The summed E-state index contributed by atoms with van der Waals surface area (Å²) in [6, 6.07) is 4.98. The minimum absolute atomic E-state index is 0.194. The van der Waals surface area contributed by atoms with Crippen LogP contribution < -0.4 is 10.4 Å². The highest BCUT2D eigenvalue weighted by Crippen LogP contribution is 2.35. The van der Waals surface area contributed by atoms with E-state index in [0.29, 0.717) is 21.9 Å². The third kappa shape index (κ3) is 1.22. The molecule has 3 aromatic rings. The second-order valence-electron chi connectivity index (χ2n) is 3.55. The third-order valence-electron chi connectivity index (χ3n) is 2.64.